The van der Waals surface area contributed by atoms with Gasteiger partial charge in [0, 0.05) is 20.1 Å². The Balaban J connectivity index is 1.86. The van der Waals surface area contributed by atoms with Crippen LogP contribution in [0.25, 0.3) is 0 Å². The zero-order chi connectivity index (χ0) is 13.8. The smallest absolute Gasteiger partial charge is 0.261 e. The number of nitrogens with zero attached hydrogens (tertiary/aromatic N) is 2. The molecule has 1 aliphatic rings. The highest BCUT2D eigenvalue weighted by atomic mass is 16.5. The molecule has 5 heteroatoms. The normalized spacial score (nSPS) is 15.6. The number of carbonyl (C=O) groups excluding carboxylic acids is 2. The van der Waals surface area contributed by atoms with Gasteiger partial charge < -0.3 is 14.5 Å². The predicted molar refractivity (Wildman–Crippen MR) is 70.9 cm³/mol. The number of likely N-dealkylation sites (N-methyl/N-ethyl adjacent to an activating group) is 1. The maximum absolute atomic E-state index is 11.9. The summed E-state index contributed by atoms with van der Waals surface area (Å²) >= 11 is 0. The molecule has 0 unspecified atom stereocenters. The van der Waals surface area contributed by atoms with E-state index >= 15 is 0 Å². The van der Waals surface area contributed by atoms with Gasteiger partial charge in [0.05, 0.1) is 6.54 Å². The van der Waals surface area contributed by atoms with Crippen LogP contribution in [0, 0.1) is 6.92 Å². The van der Waals surface area contributed by atoms with Crippen molar-refractivity contribution in [3.8, 4) is 5.75 Å². The van der Waals surface area contributed by atoms with Crippen LogP contribution in [0.4, 0.5) is 0 Å². The van der Waals surface area contributed by atoms with Crippen molar-refractivity contribution in [3.63, 3.8) is 0 Å². The highest BCUT2D eigenvalue weighted by Crippen LogP contribution is 2.12. The van der Waals surface area contributed by atoms with Gasteiger partial charge in [0.2, 0.25) is 5.91 Å². The Bertz CT molecular complexity index is 487. The summed E-state index contributed by atoms with van der Waals surface area (Å²) in [6, 6.07) is 7.54. The molecule has 1 aliphatic heterocycles. The molecule has 0 radical (unpaired) electrons. The average Bonchev–Trinajstić information content (AvgIpc) is 2.39. The Morgan fingerprint density at radius 3 is 2.84 bits per heavy atom. The molecule has 0 bridgehead atoms. The van der Waals surface area contributed by atoms with Crippen LogP contribution in [0.1, 0.15) is 5.56 Å². The van der Waals surface area contributed by atoms with Crippen molar-refractivity contribution in [1.29, 1.82) is 0 Å². The van der Waals surface area contributed by atoms with Gasteiger partial charge in [0.25, 0.3) is 5.91 Å². The van der Waals surface area contributed by atoms with E-state index in [9.17, 15) is 9.59 Å². The Labute approximate surface area is 112 Å². The number of benzene rings is 1. The summed E-state index contributed by atoms with van der Waals surface area (Å²) in [5.41, 5.74) is 1.08. The van der Waals surface area contributed by atoms with Gasteiger partial charge in [-0.1, -0.05) is 12.1 Å². The van der Waals surface area contributed by atoms with Crippen LogP contribution < -0.4 is 4.74 Å². The molecule has 2 rings (SSSR count). The van der Waals surface area contributed by atoms with Crippen LogP contribution in [0.2, 0.25) is 0 Å². The first-order valence-corrected chi connectivity index (χ1v) is 6.27. The number of hydrogen-bond acceptors (Lipinski definition) is 3. The largest absolute Gasteiger partial charge is 0.484 e. The lowest BCUT2D eigenvalue weighted by Crippen LogP contribution is -2.51. The predicted octanol–water partition coefficient (Wildman–Crippen LogP) is 0.674. The molecule has 0 atom stereocenters. The fourth-order valence-corrected chi connectivity index (χ4v) is 1.91. The minimum Gasteiger partial charge on any atom is -0.484 e. The lowest BCUT2D eigenvalue weighted by atomic mass is 10.2. The third-order valence-corrected chi connectivity index (χ3v) is 3.16. The molecule has 1 aromatic carbocycles. The number of piperazine rings is 1. The maximum Gasteiger partial charge on any atom is 0.261 e. The van der Waals surface area contributed by atoms with Crippen molar-refractivity contribution < 1.29 is 14.3 Å². The first-order valence-electron chi connectivity index (χ1n) is 6.27. The number of ether oxygens (including phenoxy) is 1. The summed E-state index contributed by atoms with van der Waals surface area (Å²) in [6.45, 7) is 3.23. The molecular formula is C14H18N2O3. The molecule has 1 heterocycles. The third-order valence-electron chi connectivity index (χ3n) is 3.16. The standard InChI is InChI=1S/C14H18N2O3/c1-11-4-3-5-12(8-11)19-10-14(18)16-7-6-15(2)13(17)9-16/h3-5,8H,6-7,9-10H2,1-2H3. The first-order chi connectivity index (χ1) is 9.06. The maximum atomic E-state index is 11.9. The van der Waals surface area contributed by atoms with Crippen LogP contribution in [0.5, 0.6) is 5.75 Å². The van der Waals surface area contributed by atoms with Crippen LogP contribution in [0.3, 0.4) is 0 Å². The van der Waals surface area contributed by atoms with Gasteiger partial charge in [0.15, 0.2) is 6.61 Å². The van der Waals surface area contributed by atoms with Gasteiger partial charge in [-0.05, 0) is 24.6 Å². The summed E-state index contributed by atoms with van der Waals surface area (Å²) in [4.78, 5) is 26.6. The fraction of sp³-hybridized carbons (Fsp3) is 0.429. The van der Waals surface area contributed by atoms with E-state index in [0.717, 1.165) is 5.56 Å². The van der Waals surface area contributed by atoms with E-state index in [1.54, 1.807) is 11.9 Å². The highest BCUT2D eigenvalue weighted by molar-refractivity contribution is 5.86. The van der Waals surface area contributed by atoms with Crippen molar-refractivity contribution in [3.05, 3.63) is 29.8 Å². The first kappa shape index (κ1) is 13.4. The zero-order valence-electron chi connectivity index (χ0n) is 11.3. The number of aryl methyl sites for hydroxylation is 1. The minimum atomic E-state index is -0.150. The molecule has 1 aromatic rings. The summed E-state index contributed by atoms with van der Waals surface area (Å²) in [6.07, 6.45) is 0. The van der Waals surface area contributed by atoms with Crippen LogP contribution in [-0.4, -0.2) is 54.9 Å². The Kier molecular flexibility index (Phi) is 4.04. The second-order valence-corrected chi connectivity index (χ2v) is 4.74. The average molecular weight is 262 g/mol. The summed E-state index contributed by atoms with van der Waals surface area (Å²) in [5.74, 6) is 0.493. The molecule has 0 spiro atoms. The molecule has 5 nitrogen and oxygen atoms in total. The molecular weight excluding hydrogens is 244 g/mol. The van der Waals surface area contributed by atoms with Crippen LogP contribution >= 0.6 is 0 Å². The second-order valence-electron chi connectivity index (χ2n) is 4.74. The molecule has 1 saturated heterocycles. The van der Waals surface area contributed by atoms with E-state index in [1.807, 2.05) is 31.2 Å². The van der Waals surface area contributed by atoms with E-state index in [0.29, 0.717) is 18.8 Å². The van der Waals surface area contributed by atoms with Crippen molar-refractivity contribution in [2.24, 2.45) is 0 Å². The van der Waals surface area contributed by atoms with Crippen molar-refractivity contribution in [2.75, 3.05) is 33.3 Å². The van der Waals surface area contributed by atoms with Gasteiger partial charge >= 0.3 is 0 Å². The quantitative estimate of drug-likeness (QED) is 0.804. The molecule has 0 aliphatic carbocycles. The van der Waals surface area contributed by atoms with Crippen molar-refractivity contribution in [2.45, 2.75) is 6.92 Å². The number of hydrogen-bond donors (Lipinski definition) is 0. The van der Waals surface area contributed by atoms with Crippen molar-refractivity contribution >= 4 is 11.8 Å². The van der Waals surface area contributed by atoms with Gasteiger partial charge in [-0.25, -0.2) is 0 Å². The van der Waals surface area contributed by atoms with E-state index < -0.39 is 0 Å². The molecule has 102 valence electrons. The van der Waals surface area contributed by atoms with Gasteiger partial charge in [-0.15, -0.1) is 0 Å². The Morgan fingerprint density at radius 1 is 1.37 bits per heavy atom. The second kappa shape index (κ2) is 5.73. The molecule has 19 heavy (non-hydrogen) atoms. The number of rotatable bonds is 3. The van der Waals surface area contributed by atoms with Gasteiger partial charge in [-0.2, -0.15) is 0 Å². The van der Waals surface area contributed by atoms with Gasteiger partial charge in [-0.3, -0.25) is 9.59 Å². The van der Waals surface area contributed by atoms with Gasteiger partial charge in [0.1, 0.15) is 5.75 Å². The lowest BCUT2D eigenvalue weighted by molar-refractivity contribution is -0.145. The lowest BCUT2D eigenvalue weighted by Gasteiger charge is -2.31. The SMILES string of the molecule is Cc1cccc(OCC(=O)N2CCN(C)C(=O)C2)c1. The summed E-state index contributed by atoms with van der Waals surface area (Å²) in [7, 11) is 1.74. The third kappa shape index (κ3) is 3.47. The Hall–Kier alpha value is -2.04. The topological polar surface area (TPSA) is 49.9 Å². The van der Waals surface area contributed by atoms with Crippen molar-refractivity contribution in [1.82, 2.24) is 9.80 Å². The van der Waals surface area contributed by atoms with Crippen LogP contribution in [-0.2, 0) is 9.59 Å². The molecule has 0 saturated carbocycles. The van der Waals surface area contributed by atoms with E-state index in [2.05, 4.69) is 0 Å². The number of carbonyl (C=O) groups is 2. The fourth-order valence-electron chi connectivity index (χ4n) is 1.91. The number of amides is 2. The molecule has 0 aromatic heterocycles. The molecule has 0 N–H and O–H groups in total. The summed E-state index contributed by atoms with van der Waals surface area (Å²) < 4.78 is 5.45. The van der Waals surface area contributed by atoms with E-state index in [-0.39, 0.29) is 25.0 Å². The highest BCUT2D eigenvalue weighted by Gasteiger charge is 2.24. The summed E-state index contributed by atoms with van der Waals surface area (Å²) in [5, 5.41) is 0. The van der Waals surface area contributed by atoms with E-state index in [4.69, 9.17) is 4.74 Å². The Morgan fingerprint density at radius 2 is 2.16 bits per heavy atom. The van der Waals surface area contributed by atoms with E-state index in [1.165, 1.54) is 4.90 Å². The monoisotopic (exact) mass is 262 g/mol. The molecule has 2 amide bonds. The minimum absolute atomic E-state index is 0.0273. The molecule has 1 fully saturated rings. The van der Waals surface area contributed by atoms with Crippen LogP contribution in [0.15, 0.2) is 24.3 Å². The zero-order valence-corrected chi connectivity index (χ0v) is 11.3.